The van der Waals surface area contributed by atoms with E-state index in [0.717, 1.165) is 0 Å². The summed E-state index contributed by atoms with van der Waals surface area (Å²) in [5, 5.41) is 33.0. The molecule has 10 N–H and O–H groups in total. The summed E-state index contributed by atoms with van der Waals surface area (Å²) in [4.78, 5) is 68.2. The molecule has 0 aromatic heterocycles. The van der Waals surface area contributed by atoms with Crippen molar-refractivity contribution in [3.05, 3.63) is 0 Å². The molecule has 4 amide bonds. The third kappa shape index (κ3) is 11.2. The Bertz CT molecular complexity index is 640. The smallest absolute Gasteiger partial charge is 0.326 e. The van der Waals surface area contributed by atoms with Gasteiger partial charge in [0.15, 0.2) is 0 Å². The second-order valence-corrected chi connectivity index (χ2v) is 5.96. The molecule has 0 bridgehead atoms. The average molecular weight is 419 g/mol. The Morgan fingerprint density at radius 1 is 0.862 bits per heavy atom. The number of aliphatic hydroxyl groups is 1. The first-order chi connectivity index (χ1) is 13.5. The average Bonchev–Trinajstić information content (AvgIpc) is 2.64. The van der Waals surface area contributed by atoms with E-state index in [2.05, 4.69) is 16.0 Å². The molecule has 14 heteroatoms. The van der Waals surface area contributed by atoms with Crippen molar-refractivity contribution in [2.45, 2.75) is 43.8 Å². The van der Waals surface area contributed by atoms with Crippen molar-refractivity contribution in [2.24, 2.45) is 11.5 Å². The van der Waals surface area contributed by atoms with E-state index in [1.54, 1.807) is 0 Å². The van der Waals surface area contributed by atoms with Gasteiger partial charge >= 0.3 is 11.9 Å². The molecule has 14 nitrogen and oxygen atoms in total. The molecular formula is C15H25N5O9. The Hall–Kier alpha value is -3.26. The number of nitrogens with two attached hydrogens (primary N) is 2. The van der Waals surface area contributed by atoms with E-state index >= 15 is 0 Å². The van der Waals surface area contributed by atoms with Gasteiger partial charge in [-0.25, -0.2) is 4.79 Å². The highest BCUT2D eigenvalue weighted by atomic mass is 16.4. The third-order valence-corrected chi connectivity index (χ3v) is 3.55. The van der Waals surface area contributed by atoms with Gasteiger partial charge in [0.05, 0.1) is 13.2 Å². The zero-order valence-electron chi connectivity index (χ0n) is 15.4. The Morgan fingerprint density at radius 3 is 1.93 bits per heavy atom. The third-order valence-electron chi connectivity index (χ3n) is 3.55. The minimum Gasteiger partial charge on any atom is -0.481 e. The number of carbonyl (C=O) groups is 6. The van der Waals surface area contributed by atoms with Gasteiger partial charge in [-0.3, -0.25) is 24.0 Å². The molecule has 29 heavy (non-hydrogen) atoms. The highest BCUT2D eigenvalue weighted by Gasteiger charge is 2.25. The molecule has 0 aliphatic heterocycles. The topological polar surface area (TPSA) is 251 Å². The van der Waals surface area contributed by atoms with Crippen molar-refractivity contribution in [3.63, 3.8) is 0 Å². The maximum atomic E-state index is 12.2. The zero-order chi connectivity index (χ0) is 22.6. The van der Waals surface area contributed by atoms with Crippen molar-refractivity contribution >= 4 is 35.6 Å². The molecule has 3 unspecified atom stereocenters. The first kappa shape index (κ1) is 25.7. The van der Waals surface area contributed by atoms with Crippen LogP contribution in [0, 0.1) is 0 Å². The van der Waals surface area contributed by atoms with Crippen LogP contribution in [0.2, 0.25) is 0 Å². The van der Waals surface area contributed by atoms with Crippen molar-refractivity contribution in [1.82, 2.24) is 16.0 Å². The number of carboxylic acids is 2. The summed E-state index contributed by atoms with van der Waals surface area (Å²) in [5.41, 5.74) is 10.2. The summed E-state index contributed by atoms with van der Waals surface area (Å²) in [5.74, 6) is -6.11. The fourth-order valence-corrected chi connectivity index (χ4v) is 1.98. The van der Waals surface area contributed by atoms with Gasteiger partial charge in [-0.1, -0.05) is 0 Å². The number of nitrogens with one attached hydrogen (secondary N) is 3. The van der Waals surface area contributed by atoms with Gasteiger partial charge in [-0.15, -0.1) is 0 Å². The number of carbonyl (C=O) groups excluding carboxylic acids is 4. The van der Waals surface area contributed by atoms with Crippen LogP contribution in [0.5, 0.6) is 0 Å². The monoisotopic (exact) mass is 419 g/mol. The van der Waals surface area contributed by atoms with Crippen molar-refractivity contribution in [3.8, 4) is 0 Å². The number of primary amides is 1. The lowest BCUT2D eigenvalue weighted by Crippen LogP contribution is -2.54. The van der Waals surface area contributed by atoms with Crippen LogP contribution in [0.3, 0.4) is 0 Å². The molecule has 0 rings (SSSR count). The van der Waals surface area contributed by atoms with E-state index in [4.69, 9.17) is 26.8 Å². The summed E-state index contributed by atoms with van der Waals surface area (Å²) >= 11 is 0. The van der Waals surface area contributed by atoms with Gasteiger partial charge in [-0.2, -0.15) is 0 Å². The van der Waals surface area contributed by atoms with Crippen LogP contribution in [-0.4, -0.2) is 82.2 Å². The van der Waals surface area contributed by atoms with Crippen LogP contribution < -0.4 is 27.4 Å². The molecule has 0 heterocycles. The van der Waals surface area contributed by atoms with Gasteiger partial charge in [0.1, 0.15) is 18.1 Å². The van der Waals surface area contributed by atoms with E-state index < -0.39 is 73.3 Å². The van der Waals surface area contributed by atoms with Crippen LogP contribution >= 0.6 is 0 Å². The number of hydrogen-bond acceptors (Lipinski definition) is 8. The van der Waals surface area contributed by atoms with Gasteiger partial charge < -0.3 is 42.7 Å². The van der Waals surface area contributed by atoms with Gasteiger partial charge in [0.2, 0.25) is 23.6 Å². The number of amides is 4. The molecule has 0 aromatic rings. The van der Waals surface area contributed by atoms with Crippen molar-refractivity contribution < 1.29 is 44.1 Å². The Kier molecular flexibility index (Phi) is 11.5. The molecule has 0 fully saturated rings. The Balaban J connectivity index is 4.82. The van der Waals surface area contributed by atoms with Crippen molar-refractivity contribution in [1.29, 1.82) is 0 Å². The molecule has 0 saturated carbocycles. The molecule has 0 radical (unpaired) electrons. The SMILES string of the molecule is NC(=O)CCC(NC(=O)CNC(=O)C(CCC(=O)O)NC(=O)C(N)CO)C(=O)O. The molecule has 0 spiro atoms. The lowest BCUT2D eigenvalue weighted by molar-refractivity contribution is -0.142. The van der Waals surface area contributed by atoms with Crippen LogP contribution in [-0.2, 0) is 28.8 Å². The zero-order valence-corrected chi connectivity index (χ0v) is 15.4. The number of rotatable bonds is 14. The summed E-state index contributed by atoms with van der Waals surface area (Å²) in [6.45, 7) is -1.38. The molecule has 0 aromatic carbocycles. The van der Waals surface area contributed by atoms with Gasteiger partial charge in [-0.05, 0) is 12.8 Å². The van der Waals surface area contributed by atoms with E-state index in [0.29, 0.717) is 0 Å². The second kappa shape index (κ2) is 13.0. The minimum atomic E-state index is -1.41. The quantitative estimate of drug-likeness (QED) is 0.134. The van der Waals surface area contributed by atoms with Crippen LogP contribution in [0.25, 0.3) is 0 Å². The number of aliphatic carboxylic acids is 2. The summed E-state index contributed by atoms with van der Waals surface area (Å²) in [7, 11) is 0. The molecular weight excluding hydrogens is 394 g/mol. The van der Waals surface area contributed by atoms with Crippen LogP contribution in [0.1, 0.15) is 25.7 Å². The second-order valence-electron chi connectivity index (χ2n) is 5.96. The van der Waals surface area contributed by atoms with Crippen LogP contribution in [0.15, 0.2) is 0 Å². The van der Waals surface area contributed by atoms with E-state index in [-0.39, 0.29) is 19.3 Å². The first-order valence-corrected chi connectivity index (χ1v) is 8.44. The summed E-state index contributed by atoms with van der Waals surface area (Å²) in [6.07, 6.45) is -1.32. The minimum absolute atomic E-state index is 0.249. The molecule has 164 valence electrons. The predicted molar refractivity (Wildman–Crippen MR) is 94.9 cm³/mol. The molecule has 3 atom stereocenters. The Morgan fingerprint density at radius 2 is 1.45 bits per heavy atom. The predicted octanol–water partition coefficient (Wildman–Crippen LogP) is -4.39. The number of carboxylic acid groups (broad SMARTS) is 2. The molecule has 0 aliphatic rings. The lowest BCUT2D eigenvalue weighted by atomic mass is 10.1. The maximum absolute atomic E-state index is 12.2. The Labute approximate surface area is 165 Å². The molecule has 0 aliphatic carbocycles. The highest BCUT2D eigenvalue weighted by molar-refractivity contribution is 5.92. The largest absolute Gasteiger partial charge is 0.481 e. The maximum Gasteiger partial charge on any atom is 0.326 e. The fourth-order valence-electron chi connectivity index (χ4n) is 1.98. The van der Waals surface area contributed by atoms with E-state index in [1.807, 2.05) is 0 Å². The number of aliphatic hydroxyl groups excluding tert-OH is 1. The fraction of sp³-hybridized carbons (Fsp3) is 0.600. The van der Waals surface area contributed by atoms with Gasteiger partial charge in [0.25, 0.3) is 0 Å². The summed E-state index contributed by atoms with van der Waals surface area (Å²) < 4.78 is 0. The van der Waals surface area contributed by atoms with E-state index in [9.17, 15) is 28.8 Å². The van der Waals surface area contributed by atoms with Gasteiger partial charge in [0, 0.05) is 12.8 Å². The van der Waals surface area contributed by atoms with E-state index in [1.165, 1.54) is 0 Å². The number of hydrogen-bond donors (Lipinski definition) is 8. The standard InChI is InChI=1S/C15H25N5O9/c16-7(6-21)13(26)20-8(2-4-12(24)25)14(27)18-5-11(23)19-9(15(28)29)1-3-10(17)22/h7-9,21H,1-6,16H2,(H2,17,22)(H,18,27)(H,19,23)(H,20,26)(H,24,25)(H,28,29). The molecule has 0 saturated heterocycles. The summed E-state index contributed by atoms with van der Waals surface area (Å²) in [6, 6.07) is -4.09. The highest BCUT2D eigenvalue weighted by Crippen LogP contribution is 2.00. The van der Waals surface area contributed by atoms with Crippen LogP contribution in [0.4, 0.5) is 0 Å². The van der Waals surface area contributed by atoms with Crippen molar-refractivity contribution in [2.75, 3.05) is 13.2 Å². The normalized spacial score (nSPS) is 13.4. The lowest BCUT2D eigenvalue weighted by Gasteiger charge is -2.20. The first-order valence-electron chi connectivity index (χ1n) is 8.44.